The van der Waals surface area contributed by atoms with E-state index >= 15 is 0 Å². The van der Waals surface area contributed by atoms with Gasteiger partial charge in [0.2, 0.25) is 0 Å². The zero-order valence-corrected chi connectivity index (χ0v) is 15.2. The highest BCUT2D eigenvalue weighted by Crippen LogP contribution is 2.33. The van der Waals surface area contributed by atoms with Crippen molar-refractivity contribution < 1.29 is 9.80 Å². The van der Waals surface area contributed by atoms with Gasteiger partial charge in [-0.05, 0) is 18.2 Å². The number of rotatable bonds is 3. The summed E-state index contributed by atoms with van der Waals surface area (Å²) in [4.78, 5) is 5.11. The molecule has 126 valence electrons. The predicted molar refractivity (Wildman–Crippen MR) is 101 cm³/mol. The second kappa shape index (κ2) is 7.73. The smallest absolute Gasteiger partial charge is 0.128 e. The summed E-state index contributed by atoms with van der Waals surface area (Å²) in [6, 6.07) is 20.8. The molecule has 2 N–H and O–H groups in total. The molecule has 2 aliphatic rings. The van der Waals surface area contributed by atoms with Crippen LogP contribution in [0.2, 0.25) is 0 Å². The highest BCUT2D eigenvalue weighted by atomic mass is 32.2. The summed E-state index contributed by atoms with van der Waals surface area (Å²) in [7, 11) is 0. The van der Waals surface area contributed by atoms with Crippen molar-refractivity contribution in [1.29, 1.82) is 0 Å². The fourth-order valence-corrected chi connectivity index (χ4v) is 5.37. The second-order valence-electron chi connectivity index (χ2n) is 7.15. The fourth-order valence-electron chi connectivity index (χ4n) is 4.28. The maximum absolute atomic E-state index is 2.38. The Hall–Kier alpha value is -1.29. The molecule has 2 aromatic carbocycles. The van der Waals surface area contributed by atoms with Gasteiger partial charge in [-0.1, -0.05) is 48.5 Å². The highest BCUT2D eigenvalue weighted by molar-refractivity contribution is 7.99. The molecule has 24 heavy (non-hydrogen) atoms. The molecule has 0 unspecified atom stereocenters. The molecule has 0 saturated carbocycles. The summed E-state index contributed by atoms with van der Waals surface area (Å²) in [5, 5.41) is 0. The van der Waals surface area contributed by atoms with E-state index in [1.54, 1.807) is 10.5 Å². The average Bonchev–Trinajstić information content (AvgIpc) is 2.86. The van der Waals surface area contributed by atoms with E-state index in [9.17, 15) is 0 Å². The lowest BCUT2D eigenvalue weighted by molar-refractivity contribution is -1.03. The molecule has 2 heterocycles. The Bertz CT molecular complexity index is 650. The lowest BCUT2D eigenvalue weighted by atomic mass is 9.99. The molecule has 0 radical (unpaired) electrons. The lowest BCUT2D eigenvalue weighted by Crippen LogP contribution is -3.27. The lowest BCUT2D eigenvalue weighted by Gasteiger charge is -2.35. The molecule has 0 spiro atoms. The van der Waals surface area contributed by atoms with E-state index in [1.165, 1.54) is 61.8 Å². The number of thioether (sulfide) groups is 1. The first kappa shape index (κ1) is 16.2. The Morgan fingerprint density at radius 1 is 0.875 bits per heavy atom. The molecule has 1 atom stereocenters. The average molecular weight is 341 g/mol. The topological polar surface area (TPSA) is 8.88 Å². The summed E-state index contributed by atoms with van der Waals surface area (Å²) >= 11 is 2.06. The minimum atomic E-state index is 0.717. The zero-order chi connectivity index (χ0) is 16.2. The van der Waals surface area contributed by atoms with E-state index < -0.39 is 0 Å². The zero-order valence-electron chi connectivity index (χ0n) is 14.3. The molecule has 1 saturated heterocycles. The Labute approximate surface area is 149 Å². The first-order chi connectivity index (χ1) is 11.9. The summed E-state index contributed by atoms with van der Waals surface area (Å²) in [6.45, 7) is 6.41. The maximum Gasteiger partial charge on any atom is 0.128 e. The van der Waals surface area contributed by atoms with Crippen molar-refractivity contribution in [2.75, 3.05) is 31.9 Å². The van der Waals surface area contributed by atoms with Crippen molar-refractivity contribution in [3.05, 3.63) is 65.7 Å². The predicted octanol–water partition coefficient (Wildman–Crippen LogP) is 1.60. The summed E-state index contributed by atoms with van der Waals surface area (Å²) in [5.41, 5.74) is 3.09. The van der Waals surface area contributed by atoms with Gasteiger partial charge in [0.15, 0.2) is 0 Å². The molecule has 0 bridgehead atoms. The number of benzene rings is 2. The van der Waals surface area contributed by atoms with Gasteiger partial charge in [-0.15, -0.1) is 11.8 Å². The van der Waals surface area contributed by atoms with Gasteiger partial charge in [0.25, 0.3) is 0 Å². The molecular formula is C21H28N2S+2. The van der Waals surface area contributed by atoms with Gasteiger partial charge in [0, 0.05) is 22.4 Å². The molecule has 2 aromatic rings. The van der Waals surface area contributed by atoms with E-state index in [4.69, 9.17) is 0 Å². The molecule has 0 aliphatic carbocycles. The van der Waals surface area contributed by atoms with Crippen LogP contribution in [-0.2, 0) is 6.54 Å². The van der Waals surface area contributed by atoms with Crippen molar-refractivity contribution in [3.8, 4) is 0 Å². The van der Waals surface area contributed by atoms with Crippen LogP contribution in [0.15, 0.2) is 59.5 Å². The van der Waals surface area contributed by atoms with Crippen LogP contribution in [0.5, 0.6) is 0 Å². The molecule has 1 fully saturated rings. The van der Waals surface area contributed by atoms with Crippen LogP contribution in [0.25, 0.3) is 0 Å². The highest BCUT2D eigenvalue weighted by Gasteiger charge is 2.32. The molecule has 4 rings (SSSR count). The van der Waals surface area contributed by atoms with Crippen molar-refractivity contribution in [1.82, 2.24) is 0 Å². The van der Waals surface area contributed by atoms with Crippen molar-refractivity contribution in [2.45, 2.75) is 30.3 Å². The normalized spacial score (nSPS) is 27.2. The van der Waals surface area contributed by atoms with Gasteiger partial charge in [-0.3, -0.25) is 0 Å². The third kappa shape index (κ3) is 3.69. The molecule has 2 aliphatic heterocycles. The van der Waals surface area contributed by atoms with Crippen LogP contribution >= 0.6 is 11.8 Å². The first-order valence-electron chi connectivity index (χ1n) is 9.34. The minimum Gasteiger partial charge on any atom is -0.322 e. The third-order valence-corrected chi connectivity index (χ3v) is 6.75. The Kier molecular flexibility index (Phi) is 5.21. The fraction of sp³-hybridized carbons (Fsp3) is 0.429. The summed E-state index contributed by atoms with van der Waals surface area (Å²) in [6.07, 6.45) is 2.71. The van der Waals surface area contributed by atoms with E-state index in [1.807, 2.05) is 4.90 Å². The van der Waals surface area contributed by atoms with Crippen molar-refractivity contribution in [2.24, 2.45) is 0 Å². The third-order valence-electron chi connectivity index (χ3n) is 5.58. The van der Waals surface area contributed by atoms with Gasteiger partial charge in [-0.25, -0.2) is 0 Å². The van der Waals surface area contributed by atoms with Crippen LogP contribution in [0, 0.1) is 0 Å². The van der Waals surface area contributed by atoms with Crippen molar-refractivity contribution in [3.63, 3.8) is 0 Å². The largest absolute Gasteiger partial charge is 0.322 e. The number of nitrogens with one attached hydrogen (secondary N) is 2. The molecule has 2 nitrogen and oxygen atoms in total. The summed E-state index contributed by atoms with van der Waals surface area (Å²) < 4.78 is 0. The molecule has 0 aromatic heterocycles. The monoisotopic (exact) mass is 340 g/mol. The Balaban J connectivity index is 1.41. The van der Waals surface area contributed by atoms with Gasteiger partial charge in [0.1, 0.15) is 38.8 Å². The van der Waals surface area contributed by atoms with Gasteiger partial charge >= 0.3 is 0 Å². The number of piperazine rings is 1. The van der Waals surface area contributed by atoms with Crippen LogP contribution in [0.1, 0.15) is 30.0 Å². The summed E-state index contributed by atoms with van der Waals surface area (Å²) in [5.74, 6) is 1.28. The van der Waals surface area contributed by atoms with Crippen LogP contribution in [0.4, 0.5) is 0 Å². The molecule has 3 heteroatoms. The van der Waals surface area contributed by atoms with E-state index in [-0.39, 0.29) is 0 Å². The number of fused-ring (bicyclic) bond motifs is 1. The van der Waals surface area contributed by atoms with E-state index in [0.29, 0.717) is 0 Å². The Morgan fingerprint density at radius 2 is 1.62 bits per heavy atom. The number of quaternary nitrogens is 2. The maximum atomic E-state index is 2.38. The number of hydrogen-bond acceptors (Lipinski definition) is 1. The first-order valence-corrected chi connectivity index (χ1v) is 10.3. The van der Waals surface area contributed by atoms with Crippen molar-refractivity contribution >= 4 is 11.8 Å². The van der Waals surface area contributed by atoms with Crippen LogP contribution in [-0.4, -0.2) is 31.9 Å². The quantitative estimate of drug-likeness (QED) is 0.863. The van der Waals surface area contributed by atoms with E-state index in [2.05, 4.69) is 66.4 Å². The second-order valence-corrected chi connectivity index (χ2v) is 8.29. The van der Waals surface area contributed by atoms with Crippen LogP contribution < -0.4 is 9.80 Å². The number of hydrogen-bond donors (Lipinski definition) is 2. The molecule has 0 amide bonds. The Morgan fingerprint density at radius 3 is 2.46 bits per heavy atom. The SMILES string of the molecule is c1ccc(C[NH+]2CC[NH+]([C@H]3CCCSc4ccccc43)CC2)cc1. The van der Waals surface area contributed by atoms with Gasteiger partial charge in [0.05, 0.1) is 0 Å². The molecular weight excluding hydrogens is 312 g/mol. The van der Waals surface area contributed by atoms with E-state index in [0.717, 1.165) is 6.04 Å². The van der Waals surface area contributed by atoms with Gasteiger partial charge in [-0.2, -0.15) is 0 Å². The minimum absolute atomic E-state index is 0.717. The standard InChI is InChI=1S/C21H26N2S/c1-2-7-18(8-3-1)17-22-12-14-23(15-13-22)20-10-6-16-24-21-11-5-4-9-19(20)21/h1-5,7-9,11,20H,6,10,12-17H2/p+2/t20-/m0/s1. The van der Waals surface area contributed by atoms with Crippen LogP contribution in [0.3, 0.4) is 0 Å². The van der Waals surface area contributed by atoms with Gasteiger partial charge < -0.3 is 9.80 Å².